The summed E-state index contributed by atoms with van der Waals surface area (Å²) in [6.07, 6.45) is 0.584. The molecule has 0 amide bonds. The molecule has 88 valence electrons. The fourth-order valence-corrected chi connectivity index (χ4v) is 1.81. The molecule has 16 heavy (non-hydrogen) atoms. The lowest BCUT2D eigenvalue weighted by Gasteiger charge is -2.13. The Morgan fingerprint density at radius 2 is 1.88 bits per heavy atom. The van der Waals surface area contributed by atoms with E-state index in [0.29, 0.717) is 11.8 Å². The first-order valence-electron chi connectivity index (χ1n) is 4.47. The van der Waals surface area contributed by atoms with E-state index in [1.165, 1.54) is 12.1 Å². The summed E-state index contributed by atoms with van der Waals surface area (Å²) < 4.78 is 10.6. The van der Waals surface area contributed by atoms with Crippen molar-refractivity contribution < 1.29 is 24.3 Å². The predicted molar refractivity (Wildman–Crippen MR) is 56.8 cm³/mol. The number of phenols is 1. The number of aldehydes is 1. The number of hydrogen-bond donors (Lipinski definition) is 4. The molecule has 1 aromatic rings. The summed E-state index contributed by atoms with van der Waals surface area (Å²) in [5.41, 5.74) is 0.691. The molecule has 7 heteroatoms. The highest BCUT2D eigenvalue weighted by Gasteiger charge is 2.19. The van der Waals surface area contributed by atoms with E-state index in [4.69, 9.17) is 14.9 Å². The fourth-order valence-electron chi connectivity index (χ4n) is 1.23. The number of phenolic OH excluding ortho intramolecular Hbond substituents is 1. The number of nitrogens with one attached hydrogen (secondary N) is 1. The second-order valence-corrected chi connectivity index (χ2v) is 4.63. The van der Waals surface area contributed by atoms with Gasteiger partial charge in [-0.25, -0.2) is 9.65 Å². The van der Waals surface area contributed by atoms with Gasteiger partial charge in [-0.2, -0.15) is 0 Å². The van der Waals surface area contributed by atoms with Gasteiger partial charge in [0.05, 0.1) is 6.04 Å². The smallest absolute Gasteiger partial charge is 0.400 e. The molecule has 1 rings (SSSR count). The number of carbonyl (C=O) groups is 1. The number of hydrogen-bond acceptors (Lipinski definition) is 3. The van der Waals surface area contributed by atoms with E-state index >= 15 is 0 Å². The second-order valence-electron chi connectivity index (χ2n) is 3.29. The minimum absolute atomic E-state index is 0.0920. The molecule has 4 N–H and O–H groups in total. The Kier molecular flexibility index (Phi) is 4.20. The average Bonchev–Trinajstić information content (AvgIpc) is 2.18. The molecule has 6 nitrogen and oxygen atoms in total. The minimum Gasteiger partial charge on any atom is -0.508 e. The van der Waals surface area contributed by atoms with Crippen LogP contribution in [-0.2, 0) is 15.8 Å². The van der Waals surface area contributed by atoms with Crippen molar-refractivity contribution in [3.8, 4) is 5.75 Å². The molecule has 0 aliphatic rings. The van der Waals surface area contributed by atoms with Gasteiger partial charge in [0.2, 0.25) is 0 Å². The Bertz CT molecular complexity index is 399. The van der Waals surface area contributed by atoms with Crippen molar-refractivity contribution >= 4 is 14.0 Å². The van der Waals surface area contributed by atoms with Crippen molar-refractivity contribution in [1.82, 2.24) is 5.09 Å². The van der Waals surface area contributed by atoms with Crippen molar-refractivity contribution in [2.75, 3.05) is 0 Å². The van der Waals surface area contributed by atoms with Crippen LogP contribution in [-0.4, -0.2) is 27.2 Å². The number of carbonyl (C=O) groups excluding carboxylic acids is 1. The van der Waals surface area contributed by atoms with Gasteiger partial charge in [0, 0.05) is 0 Å². The second kappa shape index (κ2) is 5.23. The molecule has 0 aromatic heterocycles. The van der Waals surface area contributed by atoms with Crippen LogP contribution in [0.15, 0.2) is 24.3 Å². The van der Waals surface area contributed by atoms with Crippen molar-refractivity contribution in [3.05, 3.63) is 29.8 Å². The third-order valence-corrected chi connectivity index (χ3v) is 2.56. The first-order valence-corrected chi connectivity index (χ1v) is 6.08. The van der Waals surface area contributed by atoms with E-state index in [9.17, 15) is 9.36 Å². The van der Waals surface area contributed by atoms with Crippen molar-refractivity contribution in [1.29, 1.82) is 0 Å². The fraction of sp³-hybridized carbons (Fsp3) is 0.222. The van der Waals surface area contributed by atoms with Crippen molar-refractivity contribution in [3.63, 3.8) is 0 Å². The Morgan fingerprint density at radius 3 is 2.31 bits per heavy atom. The summed E-state index contributed by atoms with van der Waals surface area (Å²) in [7, 11) is -4.42. The third kappa shape index (κ3) is 4.55. The molecule has 0 saturated carbocycles. The highest BCUT2D eigenvalue weighted by molar-refractivity contribution is 7.49. The Labute approximate surface area is 92.1 Å². The van der Waals surface area contributed by atoms with Gasteiger partial charge in [-0.1, -0.05) is 12.1 Å². The van der Waals surface area contributed by atoms with Gasteiger partial charge in [-0.05, 0) is 24.1 Å². The van der Waals surface area contributed by atoms with E-state index in [0.717, 1.165) is 0 Å². The first-order chi connectivity index (χ1) is 7.40. The molecule has 1 unspecified atom stereocenters. The minimum atomic E-state index is -4.42. The maximum absolute atomic E-state index is 10.6. The van der Waals surface area contributed by atoms with E-state index in [1.54, 1.807) is 12.1 Å². The van der Waals surface area contributed by atoms with Gasteiger partial charge in [0.15, 0.2) is 0 Å². The number of benzene rings is 1. The van der Waals surface area contributed by atoms with Gasteiger partial charge in [-0.3, -0.25) is 0 Å². The standard InChI is InChI=1S/C9H12NO5P/c11-6-8(10-16(13,14)15)5-7-1-3-9(12)4-2-7/h1-4,6,8,12H,5H2,(H3,10,13,14,15). The van der Waals surface area contributed by atoms with Gasteiger partial charge in [0.25, 0.3) is 0 Å². The lowest BCUT2D eigenvalue weighted by molar-refractivity contribution is -0.109. The summed E-state index contributed by atoms with van der Waals surface area (Å²) in [6, 6.07) is 5.08. The van der Waals surface area contributed by atoms with Crippen LogP contribution in [0.25, 0.3) is 0 Å². The van der Waals surface area contributed by atoms with Crippen LogP contribution in [0, 0.1) is 0 Å². The highest BCUT2D eigenvalue weighted by atomic mass is 31.2. The first kappa shape index (κ1) is 12.9. The Morgan fingerprint density at radius 1 is 1.31 bits per heavy atom. The van der Waals surface area contributed by atoms with Crippen LogP contribution in [0.4, 0.5) is 0 Å². The molecule has 0 heterocycles. The van der Waals surface area contributed by atoms with Crippen LogP contribution < -0.4 is 5.09 Å². The van der Waals surface area contributed by atoms with Gasteiger partial charge < -0.3 is 19.7 Å². The molecule has 1 aromatic carbocycles. The van der Waals surface area contributed by atoms with E-state index in [1.807, 2.05) is 5.09 Å². The molecule has 1 atom stereocenters. The lowest BCUT2D eigenvalue weighted by Crippen LogP contribution is -2.29. The number of rotatable bonds is 5. The zero-order valence-corrected chi connectivity index (χ0v) is 9.17. The highest BCUT2D eigenvalue weighted by Crippen LogP contribution is 2.29. The lowest BCUT2D eigenvalue weighted by atomic mass is 10.1. The summed E-state index contributed by atoms with van der Waals surface area (Å²) in [6.45, 7) is 0. The number of aromatic hydroxyl groups is 1. The molecule has 0 bridgehead atoms. The molecular formula is C9H12NO5P. The van der Waals surface area contributed by atoms with Gasteiger partial charge in [-0.15, -0.1) is 0 Å². The quantitative estimate of drug-likeness (QED) is 0.435. The molecule has 0 spiro atoms. The largest absolute Gasteiger partial charge is 0.508 e. The zero-order chi connectivity index (χ0) is 12.2. The molecule has 0 saturated heterocycles. The van der Waals surface area contributed by atoms with Crippen LogP contribution in [0.3, 0.4) is 0 Å². The molecule has 0 aliphatic heterocycles. The molecule has 0 radical (unpaired) electrons. The maximum Gasteiger partial charge on any atom is 0.400 e. The molecular weight excluding hydrogens is 233 g/mol. The third-order valence-electron chi connectivity index (χ3n) is 1.89. The maximum atomic E-state index is 10.6. The van der Waals surface area contributed by atoms with Gasteiger partial charge in [0.1, 0.15) is 12.0 Å². The van der Waals surface area contributed by atoms with Crippen LogP contribution in [0.1, 0.15) is 5.56 Å². The zero-order valence-electron chi connectivity index (χ0n) is 8.28. The van der Waals surface area contributed by atoms with E-state index in [2.05, 4.69) is 0 Å². The monoisotopic (exact) mass is 245 g/mol. The van der Waals surface area contributed by atoms with Crippen molar-refractivity contribution in [2.45, 2.75) is 12.5 Å². The van der Waals surface area contributed by atoms with Crippen LogP contribution in [0.5, 0.6) is 5.75 Å². The van der Waals surface area contributed by atoms with Crippen LogP contribution in [0.2, 0.25) is 0 Å². The summed E-state index contributed by atoms with van der Waals surface area (Å²) in [4.78, 5) is 27.9. The summed E-state index contributed by atoms with van der Waals surface area (Å²) >= 11 is 0. The van der Waals surface area contributed by atoms with Gasteiger partial charge >= 0.3 is 7.75 Å². The summed E-state index contributed by atoms with van der Waals surface area (Å²) in [5.74, 6) is 0.0920. The Hall–Kier alpha value is -1.20. The molecule has 0 aliphatic carbocycles. The van der Waals surface area contributed by atoms with Crippen LogP contribution >= 0.6 is 7.75 Å². The average molecular weight is 245 g/mol. The normalized spacial score (nSPS) is 13.4. The van der Waals surface area contributed by atoms with Crippen molar-refractivity contribution in [2.24, 2.45) is 0 Å². The topological polar surface area (TPSA) is 107 Å². The van der Waals surface area contributed by atoms with E-state index < -0.39 is 13.8 Å². The predicted octanol–water partition coefficient (Wildman–Crippen LogP) is 0.184. The molecule has 0 fully saturated rings. The SMILES string of the molecule is O=CC(Cc1ccc(O)cc1)NP(=O)(O)O. The van der Waals surface area contributed by atoms with E-state index in [-0.39, 0.29) is 12.2 Å². The summed E-state index contributed by atoms with van der Waals surface area (Å²) in [5, 5.41) is 10.9. The Balaban J connectivity index is 2.67.